The van der Waals surface area contributed by atoms with Gasteiger partial charge < -0.3 is 5.32 Å². The highest BCUT2D eigenvalue weighted by atomic mass is 35.5. The predicted molar refractivity (Wildman–Crippen MR) is 82.2 cm³/mol. The molecule has 6 nitrogen and oxygen atoms in total. The van der Waals surface area contributed by atoms with Crippen molar-refractivity contribution in [2.24, 2.45) is 0 Å². The third kappa shape index (κ3) is 2.31. The molecule has 7 heteroatoms. The van der Waals surface area contributed by atoms with Gasteiger partial charge in [0.25, 0.3) is 5.91 Å². The maximum absolute atomic E-state index is 12.5. The van der Waals surface area contributed by atoms with E-state index in [0.29, 0.717) is 27.7 Å². The molecule has 0 atom stereocenters. The minimum atomic E-state index is -0.208. The summed E-state index contributed by atoms with van der Waals surface area (Å²) in [7, 11) is 0. The average Bonchev–Trinajstić information content (AvgIpc) is 3.24. The molecule has 1 saturated carbocycles. The Hall–Kier alpha value is -2.47. The lowest BCUT2D eigenvalue weighted by molar-refractivity contribution is 0.0939. The van der Waals surface area contributed by atoms with Crippen molar-refractivity contribution in [1.82, 2.24) is 24.8 Å². The van der Waals surface area contributed by atoms with Crippen LogP contribution in [0.5, 0.6) is 0 Å². The van der Waals surface area contributed by atoms with E-state index in [2.05, 4.69) is 20.3 Å². The zero-order chi connectivity index (χ0) is 15.1. The molecular formula is C15H12ClN5O. The van der Waals surface area contributed by atoms with Crippen molar-refractivity contribution in [1.29, 1.82) is 0 Å². The second-order valence-electron chi connectivity index (χ2n) is 5.23. The summed E-state index contributed by atoms with van der Waals surface area (Å²) in [5.74, 6) is 0.0881. The Kier molecular flexibility index (Phi) is 3.04. The van der Waals surface area contributed by atoms with E-state index in [1.54, 1.807) is 35.3 Å². The Morgan fingerprint density at radius 1 is 1.36 bits per heavy atom. The molecule has 0 spiro atoms. The Morgan fingerprint density at radius 2 is 2.23 bits per heavy atom. The number of pyridine rings is 2. The van der Waals surface area contributed by atoms with Gasteiger partial charge in [-0.2, -0.15) is 0 Å². The third-order valence-corrected chi connectivity index (χ3v) is 3.69. The number of imidazole rings is 1. The van der Waals surface area contributed by atoms with Crippen LogP contribution in [0.1, 0.15) is 23.5 Å². The second-order valence-corrected chi connectivity index (χ2v) is 5.66. The van der Waals surface area contributed by atoms with Gasteiger partial charge in [-0.3, -0.25) is 14.3 Å². The molecule has 0 aromatic carbocycles. The van der Waals surface area contributed by atoms with E-state index in [9.17, 15) is 4.79 Å². The van der Waals surface area contributed by atoms with Gasteiger partial charge in [0, 0.05) is 18.4 Å². The molecule has 110 valence electrons. The van der Waals surface area contributed by atoms with Gasteiger partial charge in [-0.05, 0) is 31.0 Å². The van der Waals surface area contributed by atoms with Crippen LogP contribution >= 0.6 is 11.6 Å². The maximum atomic E-state index is 12.5. The second kappa shape index (κ2) is 5.06. The summed E-state index contributed by atoms with van der Waals surface area (Å²) in [6.07, 6.45) is 6.88. The van der Waals surface area contributed by atoms with Crippen molar-refractivity contribution >= 4 is 28.7 Å². The van der Waals surface area contributed by atoms with Crippen molar-refractivity contribution < 1.29 is 4.79 Å². The van der Waals surface area contributed by atoms with E-state index < -0.39 is 0 Å². The van der Waals surface area contributed by atoms with E-state index in [4.69, 9.17) is 11.6 Å². The Morgan fingerprint density at radius 3 is 3.00 bits per heavy atom. The fourth-order valence-corrected chi connectivity index (χ4v) is 2.48. The van der Waals surface area contributed by atoms with Crippen LogP contribution in [-0.2, 0) is 0 Å². The number of carbonyl (C=O) groups excluding carboxylic acids is 1. The van der Waals surface area contributed by atoms with E-state index in [-0.39, 0.29) is 11.9 Å². The molecular weight excluding hydrogens is 302 g/mol. The third-order valence-electron chi connectivity index (χ3n) is 3.48. The summed E-state index contributed by atoms with van der Waals surface area (Å²) >= 11 is 6.02. The van der Waals surface area contributed by atoms with Gasteiger partial charge in [-0.25, -0.2) is 9.97 Å². The summed E-state index contributed by atoms with van der Waals surface area (Å²) in [6.45, 7) is 0. The number of nitrogens with zero attached hydrogens (tertiary/aromatic N) is 4. The Bertz CT molecular complexity index is 871. The molecule has 0 aliphatic heterocycles. The molecule has 0 bridgehead atoms. The molecule has 3 aromatic heterocycles. The molecule has 3 heterocycles. The minimum Gasteiger partial charge on any atom is -0.347 e. The zero-order valence-corrected chi connectivity index (χ0v) is 12.3. The predicted octanol–water partition coefficient (Wildman–Crippen LogP) is 2.36. The van der Waals surface area contributed by atoms with E-state index in [1.807, 2.05) is 6.07 Å². The molecule has 0 radical (unpaired) electrons. The first kappa shape index (κ1) is 13.2. The number of hydrogen-bond acceptors (Lipinski definition) is 4. The number of fused-ring (bicyclic) bond motifs is 1. The largest absolute Gasteiger partial charge is 0.347 e. The summed E-state index contributed by atoms with van der Waals surface area (Å²) in [6, 6.07) is 5.60. The molecule has 0 unspecified atom stereocenters. The lowest BCUT2D eigenvalue weighted by Gasteiger charge is -2.08. The van der Waals surface area contributed by atoms with Gasteiger partial charge in [0.15, 0.2) is 5.65 Å². The standard InChI is InChI=1S/C15H12ClN5O/c16-9-6-11(8-17-7-9)21-13-12(2-1-5-18-13)20-14(21)15(22)19-10-3-4-10/h1-2,5-8,10H,3-4H2,(H,19,22). The van der Waals surface area contributed by atoms with Gasteiger partial charge in [-0.1, -0.05) is 11.6 Å². The Labute approximate surface area is 131 Å². The average molecular weight is 314 g/mol. The number of rotatable bonds is 3. The van der Waals surface area contributed by atoms with E-state index in [0.717, 1.165) is 12.8 Å². The molecule has 1 N–H and O–H groups in total. The number of amides is 1. The molecule has 22 heavy (non-hydrogen) atoms. The van der Waals surface area contributed by atoms with Crippen LogP contribution in [0.25, 0.3) is 16.9 Å². The van der Waals surface area contributed by atoms with Crippen molar-refractivity contribution in [2.45, 2.75) is 18.9 Å². The first-order valence-corrected chi connectivity index (χ1v) is 7.35. The van der Waals surface area contributed by atoms with Gasteiger partial charge in [0.2, 0.25) is 5.82 Å². The van der Waals surface area contributed by atoms with Gasteiger partial charge >= 0.3 is 0 Å². The monoisotopic (exact) mass is 313 g/mol. The van der Waals surface area contributed by atoms with Gasteiger partial charge in [0.1, 0.15) is 5.52 Å². The highest BCUT2D eigenvalue weighted by Gasteiger charge is 2.27. The van der Waals surface area contributed by atoms with Crippen molar-refractivity contribution in [3.8, 4) is 5.69 Å². The number of hydrogen-bond donors (Lipinski definition) is 1. The van der Waals surface area contributed by atoms with Crippen molar-refractivity contribution in [2.75, 3.05) is 0 Å². The lowest BCUT2D eigenvalue weighted by atomic mass is 10.4. The number of carbonyl (C=O) groups is 1. The molecule has 1 amide bonds. The highest BCUT2D eigenvalue weighted by molar-refractivity contribution is 6.30. The first-order valence-electron chi connectivity index (χ1n) is 6.97. The smallest absolute Gasteiger partial charge is 0.287 e. The quantitative estimate of drug-likeness (QED) is 0.805. The molecule has 1 aliphatic carbocycles. The molecule has 3 aromatic rings. The van der Waals surface area contributed by atoms with Crippen LogP contribution in [0.2, 0.25) is 5.02 Å². The van der Waals surface area contributed by atoms with Crippen LogP contribution in [0.3, 0.4) is 0 Å². The number of halogens is 1. The SMILES string of the molecule is O=C(NC1CC1)c1nc2cccnc2n1-c1cncc(Cl)c1. The lowest BCUT2D eigenvalue weighted by Crippen LogP contribution is -2.28. The van der Waals surface area contributed by atoms with Gasteiger partial charge in [-0.15, -0.1) is 0 Å². The molecule has 4 rings (SSSR count). The van der Waals surface area contributed by atoms with Crippen LogP contribution in [0.15, 0.2) is 36.8 Å². The number of nitrogens with one attached hydrogen (secondary N) is 1. The topological polar surface area (TPSA) is 72.7 Å². The minimum absolute atomic E-state index is 0.208. The normalized spacial score (nSPS) is 14.2. The summed E-state index contributed by atoms with van der Waals surface area (Å²) in [5.41, 5.74) is 1.92. The summed E-state index contributed by atoms with van der Waals surface area (Å²) in [5, 5.41) is 3.44. The van der Waals surface area contributed by atoms with E-state index >= 15 is 0 Å². The number of aromatic nitrogens is 4. The fraction of sp³-hybridized carbons (Fsp3) is 0.200. The fourth-order valence-electron chi connectivity index (χ4n) is 2.31. The maximum Gasteiger partial charge on any atom is 0.287 e. The summed E-state index contributed by atoms with van der Waals surface area (Å²) in [4.78, 5) is 25.3. The molecule has 1 fully saturated rings. The highest BCUT2D eigenvalue weighted by Crippen LogP contribution is 2.23. The van der Waals surface area contributed by atoms with Gasteiger partial charge in [0.05, 0.1) is 16.9 Å². The summed E-state index contributed by atoms with van der Waals surface area (Å²) < 4.78 is 1.69. The molecule has 0 saturated heterocycles. The Balaban J connectivity index is 1.91. The van der Waals surface area contributed by atoms with Crippen LogP contribution < -0.4 is 5.32 Å². The van der Waals surface area contributed by atoms with Crippen LogP contribution in [0.4, 0.5) is 0 Å². The van der Waals surface area contributed by atoms with E-state index in [1.165, 1.54) is 0 Å². The van der Waals surface area contributed by atoms with Crippen molar-refractivity contribution in [3.05, 3.63) is 47.6 Å². The first-order chi connectivity index (χ1) is 10.7. The van der Waals surface area contributed by atoms with Crippen LogP contribution in [0, 0.1) is 0 Å². The molecule has 1 aliphatic rings. The zero-order valence-electron chi connectivity index (χ0n) is 11.5. The van der Waals surface area contributed by atoms with Crippen LogP contribution in [-0.4, -0.2) is 31.5 Å². The van der Waals surface area contributed by atoms with Crippen molar-refractivity contribution in [3.63, 3.8) is 0 Å².